The molecule has 0 saturated carbocycles. The van der Waals surface area contributed by atoms with Gasteiger partial charge in [0.1, 0.15) is 11.6 Å². The average Bonchev–Trinajstić information content (AvgIpc) is 2.38. The van der Waals surface area contributed by atoms with Gasteiger partial charge in [0.25, 0.3) is 5.91 Å². The molecule has 2 N–H and O–H groups in total. The summed E-state index contributed by atoms with van der Waals surface area (Å²) in [6, 6.07) is 2.85. The summed E-state index contributed by atoms with van der Waals surface area (Å²) >= 11 is 5.71. The number of rotatable bonds is 6. The molecule has 0 spiro atoms. The van der Waals surface area contributed by atoms with Crippen molar-refractivity contribution in [3.63, 3.8) is 0 Å². The minimum atomic E-state index is -0.652. The second-order valence-electron chi connectivity index (χ2n) is 3.66. The van der Waals surface area contributed by atoms with E-state index in [1.807, 2.05) is 0 Å². The lowest BCUT2D eigenvalue weighted by molar-refractivity contribution is -0.122. The van der Waals surface area contributed by atoms with Crippen molar-refractivity contribution >= 4 is 23.5 Å². The smallest absolute Gasteiger partial charge is 0.321 e. The molecule has 110 valence electrons. The Morgan fingerprint density at radius 2 is 2.15 bits per heavy atom. The van der Waals surface area contributed by atoms with Gasteiger partial charge in [0.2, 0.25) is 0 Å². The van der Waals surface area contributed by atoms with Crippen LogP contribution in [0.1, 0.15) is 0 Å². The predicted molar refractivity (Wildman–Crippen MR) is 70.3 cm³/mol. The maximum absolute atomic E-state index is 12.8. The van der Waals surface area contributed by atoms with Crippen LogP contribution >= 0.6 is 11.6 Å². The Morgan fingerprint density at radius 1 is 1.40 bits per heavy atom. The normalized spacial score (nSPS) is 9.95. The molecule has 0 saturated heterocycles. The molecule has 0 unspecified atom stereocenters. The maximum atomic E-state index is 12.8. The summed E-state index contributed by atoms with van der Waals surface area (Å²) in [5, 5.41) is 4.50. The van der Waals surface area contributed by atoms with E-state index >= 15 is 0 Å². The van der Waals surface area contributed by atoms with Crippen molar-refractivity contribution in [2.24, 2.45) is 0 Å². The highest BCUT2D eigenvalue weighted by Gasteiger charge is 2.09. The molecule has 0 aliphatic carbocycles. The van der Waals surface area contributed by atoms with Gasteiger partial charge in [0, 0.05) is 13.7 Å². The van der Waals surface area contributed by atoms with E-state index in [4.69, 9.17) is 21.1 Å². The van der Waals surface area contributed by atoms with Crippen LogP contribution in [-0.2, 0) is 9.53 Å². The number of methoxy groups -OCH3 is 1. The third kappa shape index (κ3) is 5.85. The number of imide groups is 1. The van der Waals surface area contributed by atoms with E-state index in [9.17, 15) is 14.0 Å². The van der Waals surface area contributed by atoms with Crippen LogP contribution in [0.25, 0.3) is 0 Å². The molecule has 3 amide bonds. The van der Waals surface area contributed by atoms with Gasteiger partial charge in [-0.3, -0.25) is 10.1 Å². The molecule has 8 heteroatoms. The van der Waals surface area contributed by atoms with E-state index in [2.05, 4.69) is 10.6 Å². The lowest BCUT2D eigenvalue weighted by Gasteiger charge is -2.08. The second kappa shape index (κ2) is 8.34. The number of urea groups is 1. The molecule has 0 aliphatic rings. The number of hydrogen-bond acceptors (Lipinski definition) is 4. The van der Waals surface area contributed by atoms with Gasteiger partial charge in [-0.25, -0.2) is 9.18 Å². The van der Waals surface area contributed by atoms with Gasteiger partial charge in [0.05, 0.1) is 11.6 Å². The Balaban J connectivity index is 2.34. The summed E-state index contributed by atoms with van der Waals surface area (Å²) in [6.07, 6.45) is 0. The highest BCUT2D eigenvalue weighted by molar-refractivity contribution is 6.32. The Labute approximate surface area is 120 Å². The zero-order valence-electron chi connectivity index (χ0n) is 10.7. The summed E-state index contributed by atoms with van der Waals surface area (Å²) in [5.74, 6) is -1.01. The van der Waals surface area contributed by atoms with Gasteiger partial charge >= 0.3 is 6.03 Å². The number of hydrogen-bond donors (Lipinski definition) is 2. The number of halogens is 2. The van der Waals surface area contributed by atoms with Crippen LogP contribution in [0, 0.1) is 5.82 Å². The Bertz CT molecular complexity index is 485. The zero-order chi connectivity index (χ0) is 15.0. The fraction of sp³-hybridized carbons (Fsp3) is 0.333. The van der Waals surface area contributed by atoms with Gasteiger partial charge in [-0.05, 0) is 18.2 Å². The molecule has 0 aliphatic heterocycles. The topological polar surface area (TPSA) is 76.7 Å². The summed E-state index contributed by atoms with van der Waals surface area (Å²) in [5.41, 5.74) is 0. The first-order valence-corrected chi connectivity index (χ1v) is 6.05. The van der Waals surface area contributed by atoms with Crippen LogP contribution < -0.4 is 15.4 Å². The minimum absolute atomic E-state index is 0.0438. The van der Waals surface area contributed by atoms with Crippen molar-refractivity contribution in [1.29, 1.82) is 0 Å². The summed E-state index contributed by atoms with van der Waals surface area (Å²) in [7, 11) is 1.49. The fourth-order valence-corrected chi connectivity index (χ4v) is 1.43. The van der Waals surface area contributed by atoms with Crippen molar-refractivity contribution in [1.82, 2.24) is 10.6 Å². The standard InChI is InChI=1S/C12H14ClFN2O4/c1-19-5-4-15-12(18)16-11(17)7-20-10-3-2-8(14)6-9(10)13/h2-3,6H,4-5,7H2,1H3,(H2,15,16,17,18). The van der Waals surface area contributed by atoms with Crippen molar-refractivity contribution in [2.45, 2.75) is 0 Å². The van der Waals surface area contributed by atoms with Crippen LogP contribution in [0.2, 0.25) is 5.02 Å². The number of amides is 3. The average molecular weight is 305 g/mol. The predicted octanol–water partition coefficient (Wildman–Crippen LogP) is 1.33. The lowest BCUT2D eigenvalue weighted by atomic mass is 10.3. The molecule has 0 fully saturated rings. The first-order valence-electron chi connectivity index (χ1n) is 5.67. The second-order valence-corrected chi connectivity index (χ2v) is 4.07. The molecule has 20 heavy (non-hydrogen) atoms. The first-order chi connectivity index (χ1) is 9.52. The highest BCUT2D eigenvalue weighted by Crippen LogP contribution is 2.24. The molecule has 0 bridgehead atoms. The van der Waals surface area contributed by atoms with Crippen molar-refractivity contribution in [3.8, 4) is 5.75 Å². The SMILES string of the molecule is COCCNC(=O)NC(=O)COc1ccc(F)cc1Cl. The van der Waals surface area contributed by atoms with Crippen LogP contribution in [0.4, 0.5) is 9.18 Å². The van der Waals surface area contributed by atoms with Crippen LogP contribution in [0.5, 0.6) is 5.75 Å². The quantitative estimate of drug-likeness (QED) is 0.777. The number of nitrogens with one attached hydrogen (secondary N) is 2. The van der Waals surface area contributed by atoms with E-state index in [1.54, 1.807) is 0 Å². The Kier molecular flexibility index (Phi) is 6.75. The molecule has 1 aromatic carbocycles. The molecule has 0 heterocycles. The minimum Gasteiger partial charge on any atom is -0.482 e. The van der Waals surface area contributed by atoms with E-state index in [0.29, 0.717) is 6.61 Å². The Morgan fingerprint density at radius 3 is 2.80 bits per heavy atom. The molecule has 0 aromatic heterocycles. The van der Waals surface area contributed by atoms with Crippen LogP contribution in [0.3, 0.4) is 0 Å². The maximum Gasteiger partial charge on any atom is 0.321 e. The molecular formula is C12H14ClFN2O4. The molecular weight excluding hydrogens is 291 g/mol. The van der Waals surface area contributed by atoms with E-state index in [1.165, 1.54) is 13.2 Å². The first kappa shape index (κ1) is 16.2. The largest absolute Gasteiger partial charge is 0.482 e. The van der Waals surface area contributed by atoms with E-state index in [-0.39, 0.29) is 17.3 Å². The van der Waals surface area contributed by atoms with Gasteiger partial charge in [-0.1, -0.05) is 11.6 Å². The van der Waals surface area contributed by atoms with Gasteiger partial charge in [0.15, 0.2) is 6.61 Å². The Hall–Kier alpha value is -1.86. The number of ether oxygens (including phenoxy) is 2. The monoisotopic (exact) mass is 304 g/mol. The van der Waals surface area contributed by atoms with Crippen LogP contribution in [0.15, 0.2) is 18.2 Å². The fourth-order valence-electron chi connectivity index (χ4n) is 1.21. The van der Waals surface area contributed by atoms with Crippen LogP contribution in [-0.4, -0.2) is 38.8 Å². The molecule has 0 radical (unpaired) electrons. The lowest BCUT2D eigenvalue weighted by Crippen LogP contribution is -2.42. The van der Waals surface area contributed by atoms with Crippen molar-refractivity contribution in [3.05, 3.63) is 29.0 Å². The number of carbonyl (C=O) groups is 2. The van der Waals surface area contributed by atoms with Crippen molar-refractivity contribution < 1.29 is 23.5 Å². The highest BCUT2D eigenvalue weighted by atomic mass is 35.5. The summed E-state index contributed by atoms with van der Waals surface area (Å²) in [6.45, 7) is 0.201. The molecule has 1 rings (SSSR count). The number of benzene rings is 1. The molecule has 1 aromatic rings. The molecule has 0 atom stereocenters. The zero-order valence-corrected chi connectivity index (χ0v) is 11.5. The van der Waals surface area contributed by atoms with E-state index < -0.39 is 24.4 Å². The summed E-state index contributed by atoms with van der Waals surface area (Å²) < 4.78 is 22.6. The van der Waals surface area contributed by atoms with Gasteiger partial charge in [-0.2, -0.15) is 0 Å². The summed E-state index contributed by atoms with van der Waals surface area (Å²) in [4.78, 5) is 22.6. The van der Waals surface area contributed by atoms with Crippen molar-refractivity contribution in [2.75, 3.05) is 26.9 Å². The van der Waals surface area contributed by atoms with Gasteiger partial charge < -0.3 is 14.8 Å². The van der Waals surface area contributed by atoms with E-state index in [0.717, 1.165) is 12.1 Å². The molecule has 6 nitrogen and oxygen atoms in total. The third-order valence-corrected chi connectivity index (χ3v) is 2.39. The van der Waals surface area contributed by atoms with Gasteiger partial charge in [-0.15, -0.1) is 0 Å². The number of carbonyl (C=O) groups excluding carboxylic acids is 2. The third-order valence-electron chi connectivity index (χ3n) is 2.10.